The molecule has 398 valence electrons. The summed E-state index contributed by atoms with van der Waals surface area (Å²) < 4.78 is 47.9. The van der Waals surface area contributed by atoms with Gasteiger partial charge in [0.25, 0.3) is 0 Å². The first-order chi connectivity index (χ1) is 33.5. The standard InChI is InChI=1S/C53H78O18/c1-26-13-18-53(47(62)71-46-42(61)40(59)38(57)32(24-55)68-46)20-19-50(4)28(44(53)52(26,6)63)10-11-34-48(2)16-15-35-49(3,33(48)14-17-51(34,50)5)25-66-36(69-35)12-9-27-21-29(64-7)43(30(22-27)65-8)70-45-41(60)39(58)37(56)31(23-54)67-45/h9-10,12,21-22,26,31-42,44-46,54-61,63H,11,13-20,23-25H2,1-8H3/b12-9+/t26-,31-,32-,33-,34-,35+,36-,37-,38-,39+,40+,41-,42-,44-,45+,46+,48+,49+,50-,51-,52-,53+/m1/s1. The van der Waals surface area contributed by atoms with E-state index in [0.29, 0.717) is 37.9 Å². The van der Waals surface area contributed by atoms with Crippen LogP contribution in [0, 0.1) is 50.7 Å². The quantitative estimate of drug-likeness (QED) is 0.120. The van der Waals surface area contributed by atoms with Gasteiger partial charge in [0.05, 0.1) is 51.2 Å². The van der Waals surface area contributed by atoms with Crippen LogP contribution >= 0.6 is 0 Å². The molecule has 9 rings (SSSR count). The van der Waals surface area contributed by atoms with Crippen LogP contribution in [0.3, 0.4) is 0 Å². The number of carbonyl (C=O) groups is 1. The first kappa shape index (κ1) is 52.9. The van der Waals surface area contributed by atoms with Gasteiger partial charge in [0, 0.05) is 11.3 Å². The van der Waals surface area contributed by atoms with Crippen LogP contribution in [-0.4, -0.2) is 165 Å². The maximum Gasteiger partial charge on any atom is 0.315 e. The molecular weight excluding hydrogens is 925 g/mol. The number of ether oxygens (including phenoxy) is 8. The predicted octanol–water partition coefficient (Wildman–Crippen LogP) is 2.73. The van der Waals surface area contributed by atoms with Gasteiger partial charge in [0.15, 0.2) is 17.8 Å². The molecule has 9 N–H and O–H groups in total. The van der Waals surface area contributed by atoms with Crippen LogP contribution in [-0.2, 0) is 28.5 Å². The maximum atomic E-state index is 14.8. The van der Waals surface area contributed by atoms with Crippen LogP contribution in [0.1, 0.15) is 105 Å². The topological polar surface area (TPSA) is 273 Å². The van der Waals surface area contributed by atoms with Crippen LogP contribution in [0.5, 0.6) is 17.2 Å². The molecule has 0 bridgehead atoms. The van der Waals surface area contributed by atoms with Crippen molar-refractivity contribution in [2.75, 3.05) is 34.0 Å². The SMILES string of the molecule is COc1cc(/C=C/[C@@H]2OC[C@@]3(C)[C@@H]4CC[C@]5(C)[C@H](CC=C6[C@H]7[C@](C(=O)O[C@@H]8O[C@H](CO)[C@@H](O)[C@H](O)[C@H]8O)(CC[C@@H](C)[C@@]7(C)O)CC[C@]65C)[C@@]4(C)CC[C@@H]3O2)cc(OC)c1O[C@@H]1O[C@H](CO)[C@@H](O)[C@H](O)[C@H]1O. The second-order valence-corrected chi connectivity index (χ2v) is 23.4. The van der Waals surface area contributed by atoms with E-state index in [-0.39, 0.29) is 62.8 Å². The molecule has 71 heavy (non-hydrogen) atoms. The Morgan fingerprint density at radius 3 is 1.97 bits per heavy atom. The molecule has 8 aliphatic rings. The fraction of sp³-hybridized carbons (Fsp3) is 0.792. The summed E-state index contributed by atoms with van der Waals surface area (Å²) in [6.45, 7) is 12.7. The fourth-order valence-corrected chi connectivity index (χ4v) is 15.6. The summed E-state index contributed by atoms with van der Waals surface area (Å²) in [6, 6.07) is 3.41. The summed E-state index contributed by atoms with van der Waals surface area (Å²) in [5, 5.41) is 95.2. The van der Waals surface area contributed by atoms with Crippen LogP contribution < -0.4 is 14.2 Å². The molecule has 1 aromatic rings. The van der Waals surface area contributed by atoms with Crippen molar-refractivity contribution in [2.24, 2.45) is 50.7 Å². The van der Waals surface area contributed by atoms with Crippen molar-refractivity contribution in [3.63, 3.8) is 0 Å². The van der Waals surface area contributed by atoms with E-state index in [0.717, 1.165) is 37.7 Å². The van der Waals surface area contributed by atoms with Crippen LogP contribution in [0.2, 0.25) is 0 Å². The van der Waals surface area contributed by atoms with Gasteiger partial charge in [0.1, 0.15) is 48.8 Å². The van der Waals surface area contributed by atoms with Gasteiger partial charge in [-0.15, -0.1) is 0 Å². The zero-order valence-corrected chi connectivity index (χ0v) is 42.3. The number of aliphatic hydroxyl groups excluding tert-OH is 8. The van der Waals surface area contributed by atoms with Crippen molar-refractivity contribution < 1.29 is 88.6 Å². The van der Waals surface area contributed by atoms with E-state index >= 15 is 0 Å². The fourth-order valence-electron chi connectivity index (χ4n) is 15.6. The highest BCUT2D eigenvalue weighted by atomic mass is 16.7. The molecule has 1 aromatic carbocycles. The molecule has 3 saturated heterocycles. The minimum atomic E-state index is -1.73. The van der Waals surface area contributed by atoms with Crippen molar-refractivity contribution in [3.8, 4) is 17.2 Å². The van der Waals surface area contributed by atoms with E-state index in [9.17, 15) is 50.8 Å². The number of allylic oxidation sites excluding steroid dienone is 1. The van der Waals surface area contributed by atoms with E-state index in [1.165, 1.54) is 14.2 Å². The molecule has 3 heterocycles. The number of methoxy groups -OCH3 is 2. The lowest BCUT2D eigenvalue weighted by Crippen LogP contribution is -2.69. The first-order valence-corrected chi connectivity index (χ1v) is 25.6. The average molecular weight is 1000 g/mol. The van der Waals surface area contributed by atoms with E-state index in [4.69, 9.17) is 37.9 Å². The van der Waals surface area contributed by atoms with E-state index in [2.05, 4.69) is 33.8 Å². The average Bonchev–Trinajstić information content (AvgIpc) is 3.34. The summed E-state index contributed by atoms with van der Waals surface area (Å²) >= 11 is 0. The van der Waals surface area contributed by atoms with Crippen LogP contribution in [0.4, 0.5) is 0 Å². The van der Waals surface area contributed by atoms with E-state index in [1.807, 2.05) is 26.0 Å². The van der Waals surface area contributed by atoms with Gasteiger partial charge in [-0.25, -0.2) is 0 Å². The van der Waals surface area contributed by atoms with Gasteiger partial charge in [0.2, 0.25) is 18.3 Å². The van der Waals surface area contributed by atoms with E-state index in [1.54, 1.807) is 12.1 Å². The Bertz CT molecular complexity index is 2170. The number of esters is 1. The van der Waals surface area contributed by atoms with Gasteiger partial charge in [-0.3, -0.25) is 4.79 Å². The van der Waals surface area contributed by atoms with Gasteiger partial charge in [-0.1, -0.05) is 52.3 Å². The third-order valence-electron chi connectivity index (χ3n) is 20.1. The molecule has 7 fully saturated rings. The summed E-state index contributed by atoms with van der Waals surface area (Å²) in [4.78, 5) is 14.8. The Labute approximate surface area is 415 Å². The number of hydrogen-bond acceptors (Lipinski definition) is 18. The second kappa shape index (κ2) is 19.0. The molecule has 5 aliphatic carbocycles. The molecule has 0 spiro atoms. The molecule has 0 aromatic heterocycles. The normalized spacial score (nSPS) is 49.5. The molecule has 18 heteroatoms. The Hall–Kier alpha value is -2.95. The summed E-state index contributed by atoms with van der Waals surface area (Å²) in [6.07, 6.45) is -3.28. The van der Waals surface area contributed by atoms with Gasteiger partial charge < -0.3 is 83.9 Å². The number of benzene rings is 1. The van der Waals surface area contributed by atoms with Crippen molar-refractivity contribution in [2.45, 2.75) is 179 Å². The van der Waals surface area contributed by atoms with Crippen molar-refractivity contribution in [3.05, 3.63) is 35.4 Å². The number of aliphatic hydroxyl groups is 9. The monoisotopic (exact) mass is 1000 g/mol. The van der Waals surface area contributed by atoms with Crippen molar-refractivity contribution in [1.29, 1.82) is 0 Å². The predicted molar refractivity (Wildman–Crippen MR) is 252 cm³/mol. The van der Waals surface area contributed by atoms with Crippen molar-refractivity contribution in [1.82, 2.24) is 0 Å². The molecule has 0 radical (unpaired) electrons. The third kappa shape index (κ3) is 8.11. The molecule has 0 amide bonds. The van der Waals surface area contributed by atoms with Gasteiger partial charge in [-0.05, 0) is 122 Å². The smallest absolute Gasteiger partial charge is 0.315 e. The Morgan fingerprint density at radius 2 is 1.35 bits per heavy atom. The zero-order valence-electron chi connectivity index (χ0n) is 42.3. The highest BCUT2D eigenvalue weighted by molar-refractivity contribution is 5.79. The highest BCUT2D eigenvalue weighted by Crippen LogP contribution is 2.76. The Balaban J connectivity index is 0.926. The Kier molecular flexibility index (Phi) is 14.2. The lowest BCUT2D eigenvalue weighted by Gasteiger charge is -2.72. The number of fused-ring (bicyclic) bond motifs is 9. The largest absolute Gasteiger partial charge is 0.493 e. The first-order valence-electron chi connectivity index (χ1n) is 25.6. The zero-order chi connectivity index (χ0) is 51.4. The summed E-state index contributed by atoms with van der Waals surface area (Å²) in [5.74, 6) is -0.166. The summed E-state index contributed by atoms with van der Waals surface area (Å²) in [5.41, 5.74) is -1.55. The van der Waals surface area contributed by atoms with E-state index < -0.39 is 104 Å². The number of carbonyl (C=O) groups excluding carboxylic acids is 1. The lowest BCUT2D eigenvalue weighted by atomic mass is 9.33. The number of hydrogen-bond donors (Lipinski definition) is 9. The molecule has 22 atom stereocenters. The van der Waals surface area contributed by atoms with Gasteiger partial charge >= 0.3 is 5.97 Å². The second-order valence-electron chi connectivity index (χ2n) is 23.4. The van der Waals surface area contributed by atoms with Crippen molar-refractivity contribution >= 4 is 12.0 Å². The third-order valence-corrected chi connectivity index (χ3v) is 20.1. The highest BCUT2D eigenvalue weighted by Gasteiger charge is 2.72. The van der Waals surface area contributed by atoms with Gasteiger partial charge in [-0.2, -0.15) is 0 Å². The minimum absolute atomic E-state index is 0.0687. The van der Waals surface area contributed by atoms with Crippen LogP contribution in [0.25, 0.3) is 6.08 Å². The maximum absolute atomic E-state index is 14.8. The summed E-state index contributed by atoms with van der Waals surface area (Å²) in [7, 11) is 2.90. The molecule has 18 nitrogen and oxygen atoms in total. The molecular formula is C53H78O18. The van der Waals surface area contributed by atoms with Crippen LogP contribution in [0.15, 0.2) is 29.9 Å². The minimum Gasteiger partial charge on any atom is -0.493 e. The lowest BCUT2D eigenvalue weighted by molar-refractivity contribution is -0.304. The molecule has 3 aliphatic heterocycles. The molecule has 0 unspecified atom stereocenters. The number of rotatable bonds is 10. The Morgan fingerprint density at radius 1 is 0.732 bits per heavy atom. The molecule has 4 saturated carbocycles.